The van der Waals surface area contributed by atoms with Crippen molar-refractivity contribution in [2.45, 2.75) is 52.4 Å². The molecule has 106 valence electrons. The van der Waals surface area contributed by atoms with E-state index < -0.39 is 0 Å². The Labute approximate surface area is 120 Å². The SMILES string of the molecule is CC(=O)C(=O)C1=C(C(C)c2ccccc2C)CCCC1. The number of benzene rings is 1. The van der Waals surface area contributed by atoms with Crippen LogP contribution in [0.3, 0.4) is 0 Å². The lowest BCUT2D eigenvalue weighted by Gasteiger charge is -2.25. The maximum Gasteiger partial charge on any atom is 0.224 e. The van der Waals surface area contributed by atoms with Gasteiger partial charge in [-0.2, -0.15) is 0 Å². The molecule has 1 aromatic rings. The van der Waals surface area contributed by atoms with Crippen molar-refractivity contribution in [2.75, 3.05) is 0 Å². The zero-order valence-electron chi connectivity index (χ0n) is 12.5. The predicted octanol–water partition coefficient (Wildman–Crippen LogP) is 4.13. The lowest BCUT2D eigenvalue weighted by Crippen LogP contribution is -2.19. The van der Waals surface area contributed by atoms with Gasteiger partial charge in [-0.3, -0.25) is 9.59 Å². The third-order valence-corrected chi connectivity index (χ3v) is 4.28. The van der Waals surface area contributed by atoms with Crippen LogP contribution in [-0.4, -0.2) is 11.6 Å². The summed E-state index contributed by atoms with van der Waals surface area (Å²) in [5.41, 5.74) is 4.45. The monoisotopic (exact) mass is 270 g/mol. The average molecular weight is 270 g/mol. The highest BCUT2D eigenvalue weighted by molar-refractivity contribution is 6.42. The normalized spacial score (nSPS) is 16.9. The highest BCUT2D eigenvalue weighted by Gasteiger charge is 2.25. The summed E-state index contributed by atoms with van der Waals surface area (Å²) in [6, 6.07) is 8.29. The molecule has 1 aromatic carbocycles. The zero-order valence-corrected chi connectivity index (χ0v) is 12.5. The van der Waals surface area contributed by atoms with E-state index in [0.717, 1.165) is 31.3 Å². The number of allylic oxidation sites excluding steroid dienone is 2. The molecule has 0 saturated carbocycles. The Morgan fingerprint density at radius 2 is 1.75 bits per heavy atom. The number of hydrogen-bond acceptors (Lipinski definition) is 2. The van der Waals surface area contributed by atoms with Crippen LogP contribution in [0.5, 0.6) is 0 Å². The second-order valence-electron chi connectivity index (χ2n) is 5.67. The molecule has 0 saturated heterocycles. The van der Waals surface area contributed by atoms with E-state index >= 15 is 0 Å². The van der Waals surface area contributed by atoms with E-state index in [9.17, 15) is 9.59 Å². The van der Waals surface area contributed by atoms with E-state index in [1.165, 1.54) is 23.6 Å². The quantitative estimate of drug-likeness (QED) is 0.771. The topological polar surface area (TPSA) is 34.1 Å². The molecule has 1 aliphatic carbocycles. The fourth-order valence-corrected chi connectivity index (χ4v) is 3.14. The van der Waals surface area contributed by atoms with Gasteiger partial charge in [-0.1, -0.05) is 36.8 Å². The van der Waals surface area contributed by atoms with Crippen molar-refractivity contribution in [1.82, 2.24) is 0 Å². The van der Waals surface area contributed by atoms with Crippen molar-refractivity contribution in [1.29, 1.82) is 0 Å². The minimum absolute atomic E-state index is 0.217. The second kappa shape index (κ2) is 6.17. The van der Waals surface area contributed by atoms with Gasteiger partial charge in [0, 0.05) is 18.4 Å². The van der Waals surface area contributed by atoms with E-state index in [2.05, 4.69) is 26.0 Å². The van der Waals surface area contributed by atoms with Crippen LogP contribution in [0.1, 0.15) is 56.6 Å². The molecular formula is C18H22O2. The average Bonchev–Trinajstić information content (AvgIpc) is 2.46. The van der Waals surface area contributed by atoms with Crippen LogP contribution in [0.4, 0.5) is 0 Å². The molecule has 0 spiro atoms. The largest absolute Gasteiger partial charge is 0.291 e. The molecule has 2 rings (SSSR count). The minimum atomic E-state index is -0.337. The summed E-state index contributed by atoms with van der Waals surface area (Å²) in [5.74, 6) is -0.397. The van der Waals surface area contributed by atoms with Crippen molar-refractivity contribution in [3.8, 4) is 0 Å². The molecule has 0 bridgehead atoms. The van der Waals surface area contributed by atoms with Gasteiger partial charge < -0.3 is 0 Å². The van der Waals surface area contributed by atoms with Crippen molar-refractivity contribution in [3.05, 3.63) is 46.5 Å². The molecule has 20 heavy (non-hydrogen) atoms. The van der Waals surface area contributed by atoms with Crippen LogP contribution in [0.15, 0.2) is 35.4 Å². The Morgan fingerprint density at radius 1 is 1.10 bits per heavy atom. The zero-order chi connectivity index (χ0) is 14.7. The third-order valence-electron chi connectivity index (χ3n) is 4.28. The van der Waals surface area contributed by atoms with Gasteiger partial charge in [0.1, 0.15) is 0 Å². The number of Topliss-reactive ketones (excluding diaryl/α,β-unsaturated/α-hetero) is 2. The molecule has 0 N–H and O–H groups in total. The second-order valence-corrected chi connectivity index (χ2v) is 5.67. The van der Waals surface area contributed by atoms with Crippen molar-refractivity contribution in [3.63, 3.8) is 0 Å². The third kappa shape index (κ3) is 2.90. The maximum atomic E-state index is 12.1. The van der Waals surface area contributed by atoms with Crippen LogP contribution in [0.25, 0.3) is 0 Å². The number of carbonyl (C=O) groups excluding carboxylic acids is 2. The number of rotatable bonds is 4. The summed E-state index contributed by atoms with van der Waals surface area (Å²) in [5, 5.41) is 0. The van der Waals surface area contributed by atoms with E-state index in [1.54, 1.807) is 0 Å². The van der Waals surface area contributed by atoms with E-state index in [0.29, 0.717) is 0 Å². The summed E-state index contributed by atoms with van der Waals surface area (Å²) in [6.07, 6.45) is 3.81. The van der Waals surface area contributed by atoms with Gasteiger partial charge in [-0.25, -0.2) is 0 Å². The van der Waals surface area contributed by atoms with Gasteiger partial charge in [-0.15, -0.1) is 0 Å². The number of carbonyl (C=O) groups is 2. The van der Waals surface area contributed by atoms with Gasteiger partial charge >= 0.3 is 0 Å². The Kier molecular flexibility index (Phi) is 4.53. The Balaban J connectivity index is 2.44. The highest BCUT2D eigenvalue weighted by atomic mass is 16.2. The number of aryl methyl sites for hydroxylation is 1. The lowest BCUT2D eigenvalue weighted by atomic mass is 9.79. The molecule has 1 atom stereocenters. The molecule has 0 amide bonds. The fourth-order valence-electron chi connectivity index (χ4n) is 3.14. The van der Waals surface area contributed by atoms with E-state index in [-0.39, 0.29) is 17.5 Å². The molecule has 0 radical (unpaired) electrons. The first kappa shape index (κ1) is 14.7. The van der Waals surface area contributed by atoms with Gasteiger partial charge in [0.25, 0.3) is 0 Å². The molecule has 0 fully saturated rings. The summed E-state index contributed by atoms with van der Waals surface area (Å²) in [4.78, 5) is 23.6. The first-order chi connectivity index (χ1) is 9.52. The molecule has 1 unspecified atom stereocenters. The Bertz CT molecular complexity index is 567. The Hall–Kier alpha value is -1.70. The number of ketones is 2. The molecule has 2 heteroatoms. The van der Waals surface area contributed by atoms with Gasteiger partial charge in [0.05, 0.1) is 0 Å². The highest BCUT2D eigenvalue weighted by Crippen LogP contribution is 2.36. The van der Waals surface area contributed by atoms with E-state index in [4.69, 9.17) is 0 Å². The van der Waals surface area contributed by atoms with Crippen LogP contribution < -0.4 is 0 Å². The summed E-state index contributed by atoms with van der Waals surface area (Å²) >= 11 is 0. The fraction of sp³-hybridized carbons (Fsp3) is 0.444. The molecule has 0 heterocycles. The van der Waals surface area contributed by atoms with Crippen molar-refractivity contribution < 1.29 is 9.59 Å². The van der Waals surface area contributed by atoms with Crippen LogP contribution in [-0.2, 0) is 9.59 Å². The van der Waals surface area contributed by atoms with Crippen LogP contribution in [0.2, 0.25) is 0 Å². The minimum Gasteiger partial charge on any atom is -0.291 e. The van der Waals surface area contributed by atoms with Crippen molar-refractivity contribution in [2.24, 2.45) is 0 Å². The molecule has 0 aliphatic heterocycles. The van der Waals surface area contributed by atoms with Crippen LogP contribution in [0, 0.1) is 6.92 Å². The Morgan fingerprint density at radius 3 is 2.40 bits per heavy atom. The van der Waals surface area contributed by atoms with Crippen LogP contribution >= 0.6 is 0 Å². The summed E-state index contributed by atoms with van der Waals surface area (Å²) < 4.78 is 0. The summed E-state index contributed by atoms with van der Waals surface area (Å²) in [7, 11) is 0. The standard InChI is InChI=1S/C18H22O2/c1-12-8-4-5-9-15(12)13(2)16-10-6-7-11-17(16)18(20)14(3)19/h4-5,8-9,13H,6-7,10-11H2,1-3H3. The molecule has 2 nitrogen and oxygen atoms in total. The molecule has 0 aromatic heterocycles. The van der Waals surface area contributed by atoms with E-state index in [1.807, 2.05) is 12.1 Å². The lowest BCUT2D eigenvalue weighted by molar-refractivity contribution is -0.133. The van der Waals surface area contributed by atoms with Gasteiger partial charge in [0.2, 0.25) is 5.78 Å². The number of hydrogen-bond donors (Lipinski definition) is 0. The van der Waals surface area contributed by atoms with Gasteiger partial charge in [-0.05, 0) is 43.7 Å². The first-order valence-corrected chi connectivity index (χ1v) is 7.35. The smallest absolute Gasteiger partial charge is 0.224 e. The maximum absolute atomic E-state index is 12.1. The summed E-state index contributed by atoms with van der Waals surface area (Å²) in [6.45, 7) is 5.62. The first-order valence-electron chi connectivity index (χ1n) is 7.35. The van der Waals surface area contributed by atoms with Gasteiger partial charge in [0.15, 0.2) is 5.78 Å². The van der Waals surface area contributed by atoms with Crippen molar-refractivity contribution >= 4 is 11.6 Å². The predicted molar refractivity (Wildman–Crippen MR) is 80.8 cm³/mol. The molecular weight excluding hydrogens is 248 g/mol. The molecule has 1 aliphatic rings.